The van der Waals surface area contributed by atoms with E-state index in [1.54, 1.807) is 4.90 Å². The van der Waals surface area contributed by atoms with Gasteiger partial charge in [0.15, 0.2) is 0 Å². The molecule has 0 aromatic heterocycles. The Labute approximate surface area is 96.6 Å². The van der Waals surface area contributed by atoms with Crippen LogP contribution < -0.4 is 0 Å². The molecule has 0 radical (unpaired) electrons. The smallest absolute Gasteiger partial charge is 0.222 e. The summed E-state index contributed by atoms with van der Waals surface area (Å²) in [5.41, 5.74) is 0. The summed E-state index contributed by atoms with van der Waals surface area (Å²) < 4.78 is 0. The van der Waals surface area contributed by atoms with Crippen molar-refractivity contribution in [1.29, 1.82) is 0 Å². The molecule has 2 nitrogen and oxygen atoms in total. The molecule has 0 spiro atoms. The van der Waals surface area contributed by atoms with Crippen LogP contribution in [0.3, 0.4) is 0 Å². The summed E-state index contributed by atoms with van der Waals surface area (Å²) >= 11 is 11.2. The maximum atomic E-state index is 11.7. The predicted molar refractivity (Wildman–Crippen MR) is 62.1 cm³/mol. The Morgan fingerprint density at radius 1 is 1.29 bits per heavy atom. The lowest BCUT2D eigenvalue weighted by Crippen LogP contribution is -2.35. The van der Waals surface area contributed by atoms with Gasteiger partial charge in [-0.15, -0.1) is 23.2 Å². The summed E-state index contributed by atoms with van der Waals surface area (Å²) in [6, 6.07) is 0. The van der Waals surface area contributed by atoms with Gasteiger partial charge in [-0.2, -0.15) is 0 Å². The van der Waals surface area contributed by atoms with E-state index >= 15 is 0 Å². The zero-order valence-electron chi connectivity index (χ0n) is 8.93. The van der Waals surface area contributed by atoms with E-state index in [1.807, 2.05) is 0 Å². The van der Waals surface area contributed by atoms with Crippen molar-refractivity contribution in [3.05, 3.63) is 0 Å². The Kier molecular flexibility index (Phi) is 8.40. The minimum Gasteiger partial charge on any atom is -0.340 e. The minimum atomic E-state index is 0.167. The minimum absolute atomic E-state index is 0.167. The molecule has 0 aromatic rings. The van der Waals surface area contributed by atoms with Crippen LogP contribution in [0, 0.1) is 5.92 Å². The highest BCUT2D eigenvalue weighted by atomic mass is 35.5. The van der Waals surface area contributed by atoms with E-state index in [9.17, 15) is 4.79 Å². The van der Waals surface area contributed by atoms with Gasteiger partial charge in [0.1, 0.15) is 0 Å². The first kappa shape index (κ1) is 14.1. The SMILES string of the molecule is CCC(C)CC(=O)N(CCCl)CCCl. The standard InChI is InChI=1S/C10H19Cl2NO/c1-3-9(2)8-10(14)13(6-4-11)7-5-12/h9H,3-8H2,1-2H3. The van der Waals surface area contributed by atoms with Gasteiger partial charge in [0.25, 0.3) is 0 Å². The van der Waals surface area contributed by atoms with Gasteiger partial charge >= 0.3 is 0 Å². The normalized spacial score (nSPS) is 12.6. The number of carbonyl (C=O) groups excluding carboxylic acids is 1. The second-order valence-corrected chi connectivity index (χ2v) is 4.23. The molecule has 0 aliphatic rings. The number of rotatable bonds is 7. The van der Waals surface area contributed by atoms with Gasteiger partial charge < -0.3 is 4.90 Å². The van der Waals surface area contributed by atoms with Crippen LogP contribution in [0.15, 0.2) is 0 Å². The molecule has 0 rings (SSSR count). The first-order chi connectivity index (χ1) is 6.65. The molecule has 0 aliphatic carbocycles. The summed E-state index contributed by atoms with van der Waals surface area (Å²) in [7, 11) is 0. The lowest BCUT2D eigenvalue weighted by molar-refractivity contribution is -0.131. The van der Waals surface area contributed by atoms with Crippen molar-refractivity contribution in [2.24, 2.45) is 5.92 Å². The molecule has 0 heterocycles. The second kappa shape index (κ2) is 8.37. The highest BCUT2D eigenvalue weighted by molar-refractivity contribution is 6.18. The quantitative estimate of drug-likeness (QED) is 0.626. The van der Waals surface area contributed by atoms with Crippen LogP contribution in [0.5, 0.6) is 0 Å². The van der Waals surface area contributed by atoms with Gasteiger partial charge in [0.2, 0.25) is 5.91 Å². The fourth-order valence-corrected chi connectivity index (χ4v) is 1.54. The molecule has 0 aliphatic heterocycles. The third kappa shape index (κ3) is 5.71. The molecule has 1 amide bonds. The van der Waals surface area contributed by atoms with Crippen LogP contribution in [-0.2, 0) is 4.79 Å². The van der Waals surface area contributed by atoms with Crippen LogP contribution in [0.1, 0.15) is 26.7 Å². The molecule has 0 saturated heterocycles. The van der Waals surface area contributed by atoms with Gasteiger partial charge in [0.05, 0.1) is 0 Å². The van der Waals surface area contributed by atoms with Gasteiger partial charge in [-0.1, -0.05) is 20.3 Å². The fraction of sp³-hybridized carbons (Fsp3) is 0.900. The molecule has 0 aromatic carbocycles. The fourth-order valence-electron chi connectivity index (χ4n) is 1.14. The highest BCUT2D eigenvalue weighted by Gasteiger charge is 2.14. The lowest BCUT2D eigenvalue weighted by Gasteiger charge is -2.22. The topological polar surface area (TPSA) is 20.3 Å². The first-order valence-electron chi connectivity index (χ1n) is 5.05. The van der Waals surface area contributed by atoms with E-state index in [2.05, 4.69) is 13.8 Å². The Balaban J connectivity index is 4.00. The van der Waals surface area contributed by atoms with Crippen LogP contribution in [0.4, 0.5) is 0 Å². The van der Waals surface area contributed by atoms with Crippen molar-refractivity contribution in [2.45, 2.75) is 26.7 Å². The zero-order valence-corrected chi connectivity index (χ0v) is 10.4. The number of carbonyl (C=O) groups is 1. The highest BCUT2D eigenvalue weighted by Crippen LogP contribution is 2.09. The number of alkyl halides is 2. The summed E-state index contributed by atoms with van der Waals surface area (Å²) in [6.45, 7) is 5.37. The van der Waals surface area contributed by atoms with Crippen molar-refractivity contribution in [3.63, 3.8) is 0 Å². The second-order valence-electron chi connectivity index (χ2n) is 3.48. The monoisotopic (exact) mass is 239 g/mol. The average molecular weight is 240 g/mol. The summed E-state index contributed by atoms with van der Waals surface area (Å²) in [4.78, 5) is 13.4. The molecule has 1 atom stereocenters. The molecule has 1 unspecified atom stereocenters. The van der Waals surface area contributed by atoms with Crippen LogP contribution in [0.25, 0.3) is 0 Å². The van der Waals surface area contributed by atoms with Crippen LogP contribution in [-0.4, -0.2) is 35.7 Å². The van der Waals surface area contributed by atoms with E-state index in [0.717, 1.165) is 6.42 Å². The summed E-state index contributed by atoms with van der Waals surface area (Å²) in [5.74, 6) is 1.56. The van der Waals surface area contributed by atoms with Crippen molar-refractivity contribution in [1.82, 2.24) is 4.90 Å². The molecule has 0 bridgehead atoms. The van der Waals surface area contributed by atoms with E-state index in [1.165, 1.54) is 0 Å². The molecule has 4 heteroatoms. The lowest BCUT2D eigenvalue weighted by atomic mass is 10.0. The first-order valence-corrected chi connectivity index (χ1v) is 6.12. The number of amides is 1. The Morgan fingerprint density at radius 3 is 2.14 bits per heavy atom. The number of hydrogen-bond donors (Lipinski definition) is 0. The zero-order chi connectivity index (χ0) is 11.0. The maximum Gasteiger partial charge on any atom is 0.222 e. The number of hydrogen-bond acceptors (Lipinski definition) is 1. The van der Waals surface area contributed by atoms with Crippen molar-refractivity contribution < 1.29 is 4.79 Å². The average Bonchev–Trinajstić information content (AvgIpc) is 2.17. The summed E-state index contributed by atoms with van der Waals surface area (Å²) in [6.07, 6.45) is 1.63. The van der Waals surface area contributed by atoms with E-state index in [4.69, 9.17) is 23.2 Å². The molecular formula is C10H19Cl2NO. The molecule has 0 fully saturated rings. The Hall–Kier alpha value is 0.0500. The van der Waals surface area contributed by atoms with E-state index in [0.29, 0.717) is 37.2 Å². The number of halogens is 2. The molecule has 84 valence electrons. The molecule has 14 heavy (non-hydrogen) atoms. The molecule has 0 N–H and O–H groups in total. The maximum absolute atomic E-state index is 11.7. The molecule has 0 saturated carbocycles. The van der Waals surface area contributed by atoms with Gasteiger partial charge in [-0.25, -0.2) is 0 Å². The van der Waals surface area contributed by atoms with Crippen molar-refractivity contribution in [3.8, 4) is 0 Å². The predicted octanol–water partition coefficient (Wildman–Crippen LogP) is 2.73. The Bertz CT molecular complexity index is 158. The van der Waals surface area contributed by atoms with Crippen LogP contribution >= 0.6 is 23.2 Å². The van der Waals surface area contributed by atoms with Gasteiger partial charge in [-0.05, 0) is 5.92 Å². The van der Waals surface area contributed by atoms with Crippen molar-refractivity contribution in [2.75, 3.05) is 24.8 Å². The van der Waals surface area contributed by atoms with E-state index in [-0.39, 0.29) is 5.91 Å². The largest absolute Gasteiger partial charge is 0.340 e. The summed E-state index contributed by atoms with van der Waals surface area (Å²) in [5, 5.41) is 0. The van der Waals surface area contributed by atoms with E-state index < -0.39 is 0 Å². The number of nitrogens with zero attached hydrogens (tertiary/aromatic N) is 1. The van der Waals surface area contributed by atoms with Crippen LogP contribution in [0.2, 0.25) is 0 Å². The molecular weight excluding hydrogens is 221 g/mol. The van der Waals surface area contributed by atoms with Gasteiger partial charge in [0, 0.05) is 31.3 Å². The Morgan fingerprint density at radius 2 is 1.79 bits per heavy atom. The third-order valence-corrected chi connectivity index (χ3v) is 2.62. The van der Waals surface area contributed by atoms with Crippen molar-refractivity contribution >= 4 is 29.1 Å². The van der Waals surface area contributed by atoms with Gasteiger partial charge in [-0.3, -0.25) is 4.79 Å². The third-order valence-electron chi connectivity index (χ3n) is 2.28.